The number of rotatable bonds is 7. The SMILES string of the molecule is [2H]c1c([2H])c([2H])c(-c2nc(-c3ccccc3)nc(-c3ccc(-n4c5ccccc5c5c6c(ccc54)C(C)(C)c4ccccc4-6)c(-c4nc(-c5ccccc5)nc(-c5ccccc5)n4)c3)n2)c([2H])c1[2H]. The molecule has 12 rings (SSSR count). The number of hydrogen-bond donors (Lipinski definition) is 0. The Morgan fingerprint density at radius 3 is 1.55 bits per heavy atom. The molecule has 1 aliphatic rings. The molecule has 0 bridgehead atoms. The summed E-state index contributed by atoms with van der Waals surface area (Å²) in [6.07, 6.45) is 0. The molecule has 0 fully saturated rings. The summed E-state index contributed by atoms with van der Waals surface area (Å²) >= 11 is 0. The van der Waals surface area contributed by atoms with E-state index in [1.54, 1.807) is 0 Å². The zero-order chi connectivity index (χ0) is 47.1. The highest BCUT2D eigenvalue weighted by atomic mass is 15.1. The van der Waals surface area contributed by atoms with Crippen molar-refractivity contribution in [3.63, 3.8) is 0 Å². The summed E-state index contributed by atoms with van der Waals surface area (Å²) < 4.78 is 45.4. The third-order valence-electron chi connectivity index (χ3n) is 12.2. The van der Waals surface area contributed by atoms with E-state index in [1.165, 1.54) is 22.3 Å². The summed E-state index contributed by atoms with van der Waals surface area (Å²) in [6.45, 7) is 4.59. The molecule has 0 saturated heterocycles. The zero-order valence-corrected chi connectivity index (χ0v) is 34.8. The van der Waals surface area contributed by atoms with Crippen LogP contribution in [0.25, 0.3) is 107 Å². The molecule has 0 atom stereocenters. The maximum Gasteiger partial charge on any atom is 0.166 e. The molecular formula is C57H39N7. The minimum Gasteiger partial charge on any atom is -0.308 e. The van der Waals surface area contributed by atoms with E-state index < -0.39 is 30.2 Å². The van der Waals surface area contributed by atoms with Gasteiger partial charge in [-0.2, -0.15) is 0 Å². The van der Waals surface area contributed by atoms with Crippen molar-refractivity contribution in [2.45, 2.75) is 19.3 Å². The average Bonchev–Trinajstić information content (AvgIpc) is 3.85. The van der Waals surface area contributed by atoms with E-state index in [9.17, 15) is 0 Å². The molecule has 302 valence electrons. The first kappa shape index (κ1) is 32.3. The fourth-order valence-corrected chi connectivity index (χ4v) is 9.19. The second-order valence-electron chi connectivity index (χ2n) is 16.3. The van der Waals surface area contributed by atoms with Gasteiger partial charge in [0.1, 0.15) is 0 Å². The number of para-hydroxylation sites is 1. The van der Waals surface area contributed by atoms with Gasteiger partial charge in [-0.05, 0) is 52.6 Å². The minimum atomic E-state index is -0.503. The number of hydrogen-bond acceptors (Lipinski definition) is 6. The Morgan fingerprint density at radius 2 is 0.922 bits per heavy atom. The van der Waals surface area contributed by atoms with Crippen LogP contribution >= 0.6 is 0 Å². The lowest BCUT2D eigenvalue weighted by molar-refractivity contribution is 0.661. The van der Waals surface area contributed by atoms with E-state index in [-0.39, 0.29) is 28.5 Å². The molecule has 0 unspecified atom stereocenters. The summed E-state index contributed by atoms with van der Waals surface area (Å²) in [7, 11) is 0. The van der Waals surface area contributed by atoms with E-state index in [0.717, 1.165) is 38.6 Å². The lowest BCUT2D eigenvalue weighted by atomic mass is 9.82. The van der Waals surface area contributed by atoms with Gasteiger partial charge in [0.15, 0.2) is 34.9 Å². The van der Waals surface area contributed by atoms with Crippen molar-refractivity contribution in [1.82, 2.24) is 34.5 Å². The van der Waals surface area contributed by atoms with Crippen molar-refractivity contribution in [3.05, 3.63) is 211 Å². The predicted octanol–water partition coefficient (Wildman–Crippen LogP) is 13.5. The second kappa shape index (κ2) is 14.9. The maximum atomic E-state index is 8.90. The molecule has 1 aliphatic carbocycles. The van der Waals surface area contributed by atoms with Gasteiger partial charge in [0.25, 0.3) is 0 Å². The Bertz CT molecular complexity index is 3790. The van der Waals surface area contributed by atoms with E-state index in [4.69, 9.17) is 36.8 Å². The van der Waals surface area contributed by atoms with Crippen LogP contribution in [-0.2, 0) is 5.41 Å². The molecule has 64 heavy (non-hydrogen) atoms. The molecule has 0 N–H and O–H groups in total. The molecule has 7 heteroatoms. The Hall–Kier alpha value is -8.42. The average molecular weight is 827 g/mol. The molecule has 0 amide bonds. The van der Waals surface area contributed by atoms with Gasteiger partial charge >= 0.3 is 0 Å². The van der Waals surface area contributed by atoms with Gasteiger partial charge < -0.3 is 4.57 Å². The summed E-state index contributed by atoms with van der Waals surface area (Å²) in [5.41, 5.74) is 11.0. The van der Waals surface area contributed by atoms with Crippen molar-refractivity contribution in [2.24, 2.45) is 0 Å². The molecule has 0 saturated carbocycles. The van der Waals surface area contributed by atoms with E-state index in [1.807, 2.05) is 109 Å². The van der Waals surface area contributed by atoms with E-state index in [2.05, 4.69) is 79.1 Å². The smallest absolute Gasteiger partial charge is 0.166 e. The highest BCUT2D eigenvalue weighted by Gasteiger charge is 2.37. The van der Waals surface area contributed by atoms with E-state index >= 15 is 0 Å². The van der Waals surface area contributed by atoms with Crippen molar-refractivity contribution in [1.29, 1.82) is 0 Å². The first-order valence-corrected chi connectivity index (χ1v) is 21.1. The highest BCUT2D eigenvalue weighted by Crippen LogP contribution is 2.53. The minimum absolute atomic E-state index is 0.0566. The van der Waals surface area contributed by atoms with Crippen LogP contribution in [0.1, 0.15) is 31.8 Å². The molecule has 11 aromatic rings. The summed E-state index contributed by atoms with van der Waals surface area (Å²) in [6, 6.07) is 54.3. The van der Waals surface area contributed by atoms with Crippen molar-refractivity contribution in [2.75, 3.05) is 0 Å². The first-order valence-electron chi connectivity index (χ1n) is 23.6. The second-order valence-corrected chi connectivity index (χ2v) is 16.3. The van der Waals surface area contributed by atoms with Crippen LogP contribution in [0.15, 0.2) is 200 Å². The highest BCUT2D eigenvalue weighted by molar-refractivity contribution is 6.18. The molecule has 0 aliphatic heterocycles. The normalized spacial score (nSPS) is 13.8. The largest absolute Gasteiger partial charge is 0.308 e. The summed E-state index contributed by atoms with van der Waals surface area (Å²) in [5.74, 6) is 1.82. The molecule has 7 nitrogen and oxygen atoms in total. The molecule has 0 radical (unpaired) electrons. The zero-order valence-electron chi connectivity index (χ0n) is 39.8. The van der Waals surface area contributed by atoms with Crippen LogP contribution in [0.4, 0.5) is 0 Å². The Balaban J connectivity index is 1.17. The number of nitrogens with zero attached hydrogens (tertiary/aromatic N) is 7. The lowest BCUT2D eigenvalue weighted by Gasteiger charge is -2.21. The third kappa shape index (κ3) is 6.12. The monoisotopic (exact) mass is 826 g/mol. The van der Waals surface area contributed by atoms with Crippen molar-refractivity contribution >= 4 is 21.8 Å². The van der Waals surface area contributed by atoms with Crippen LogP contribution in [0.2, 0.25) is 0 Å². The first-order chi connectivity index (χ1) is 33.6. The third-order valence-corrected chi connectivity index (χ3v) is 12.2. The van der Waals surface area contributed by atoms with Crippen LogP contribution in [0, 0.1) is 0 Å². The van der Waals surface area contributed by atoms with Gasteiger partial charge in [-0.3, -0.25) is 0 Å². The summed E-state index contributed by atoms with van der Waals surface area (Å²) in [5, 5.41) is 2.25. The number of benzene rings is 8. The van der Waals surface area contributed by atoms with Gasteiger partial charge in [-0.25, -0.2) is 29.9 Å². The Morgan fingerprint density at radius 1 is 0.406 bits per heavy atom. The molecule has 8 aromatic carbocycles. The molecule has 3 aromatic heterocycles. The Kier molecular flexibility index (Phi) is 7.52. The standard InChI is InChI=1S/C57H39N7/c1-57(2)44-29-17-15-27-41(44)49-45(57)32-34-48-50(49)42-28-16-18-30-46(42)64(48)47-33-31-40(55-60-51(36-19-7-3-8-20-36)58-52(61-55)37-21-9-4-10-22-37)35-43(47)56-62-53(38-23-11-5-12-24-38)59-54(63-56)39-25-13-6-14-26-39/h3-35H,1-2H3/i3D,7D,8D,19D,20D. The van der Waals surface area contributed by atoms with Gasteiger partial charge in [0.05, 0.1) is 23.6 Å². The van der Waals surface area contributed by atoms with Crippen LogP contribution in [-0.4, -0.2) is 34.5 Å². The quantitative estimate of drug-likeness (QED) is 0.159. The maximum absolute atomic E-state index is 8.90. The van der Waals surface area contributed by atoms with Gasteiger partial charge in [-0.1, -0.05) is 184 Å². The molecular weight excluding hydrogens is 783 g/mol. The van der Waals surface area contributed by atoms with Gasteiger partial charge in [0.2, 0.25) is 0 Å². The topological polar surface area (TPSA) is 82.3 Å². The fraction of sp³-hybridized carbons (Fsp3) is 0.0526. The van der Waals surface area contributed by atoms with Crippen LogP contribution in [0.5, 0.6) is 0 Å². The Labute approximate surface area is 377 Å². The lowest BCUT2D eigenvalue weighted by Crippen LogP contribution is -2.14. The van der Waals surface area contributed by atoms with Crippen molar-refractivity contribution < 1.29 is 6.85 Å². The molecule has 3 heterocycles. The van der Waals surface area contributed by atoms with Gasteiger partial charge in [-0.15, -0.1) is 0 Å². The van der Waals surface area contributed by atoms with Crippen molar-refractivity contribution in [3.8, 4) is 85.1 Å². The van der Waals surface area contributed by atoms with Crippen LogP contribution in [0.3, 0.4) is 0 Å². The number of fused-ring (bicyclic) bond motifs is 7. The fourth-order valence-electron chi connectivity index (χ4n) is 9.19. The predicted molar refractivity (Wildman–Crippen MR) is 258 cm³/mol. The molecule has 0 spiro atoms. The number of aromatic nitrogens is 7. The van der Waals surface area contributed by atoms with Crippen LogP contribution < -0.4 is 0 Å². The summed E-state index contributed by atoms with van der Waals surface area (Å²) in [4.78, 5) is 30.2. The van der Waals surface area contributed by atoms with Gasteiger partial charge in [0, 0.05) is 49.6 Å². The van der Waals surface area contributed by atoms with E-state index in [0.29, 0.717) is 34.2 Å².